The zero-order valence-corrected chi connectivity index (χ0v) is 11.9. The number of carbonyl (C=O) groups is 1. The molecule has 1 aromatic rings. The first-order chi connectivity index (χ1) is 9.22. The van der Waals surface area contributed by atoms with Crippen LogP contribution in [0.3, 0.4) is 0 Å². The van der Waals surface area contributed by atoms with Crippen LogP contribution in [0.5, 0.6) is 0 Å². The number of hydrogen-bond donors (Lipinski definition) is 1. The summed E-state index contributed by atoms with van der Waals surface area (Å²) in [5.74, 6) is -0.0939. The molecule has 0 atom stereocenters. The van der Waals surface area contributed by atoms with Crippen LogP contribution < -0.4 is 0 Å². The van der Waals surface area contributed by atoms with Gasteiger partial charge in [-0.3, -0.25) is 9.69 Å². The fourth-order valence-electron chi connectivity index (χ4n) is 2.69. The maximum atomic E-state index is 10.7. The predicted octanol–water partition coefficient (Wildman–Crippen LogP) is 2.63. The summed E-state index contributed by atoms with van der Waals surface area (Å²) in [7, 11) is 0. The van der Waals surface area contributed by atoms with E-state index in [4.69, 9.17) is 10.1 Å². The number of hydrogen-bond acceptors (Lipinski definition) is 4. The van der Waals surface area contributed by atoms with Crippen LogP contribution in [0.25, 0.3) is 0 Å². The van der Waals surface area contributed by atoms with Gasteiger partial charge in [0.2, 0.25) is 0 Å². The number of likely N-dealkylation sites (tertiary alicyclic amines) is 1. The second kappa shape index (κ2) is 5.59. The number of aliphatic carboxylic acids is 1. The fourth-order valence-corrected chi connectivity index (χ4v) is 3.89. The van der Waals surface area contributed by atoms with E-state index >= 15 is 0 Å². The Kier molecular flexibility index (Phi) is 3.84. The Bertz CT molecular complexity index is 462. The Balaban J connectivity index is 1.69. The molecule has 1 aromatic heterocycles. The van der Waals surface area contributed by atoms with Crippen molar-refractivity contribution in [1.29, 1.82) is 0 Å². The molecule has 0 radical (unpaired) electrons. The molecule has 19 heavy (non-hydrogen) atoms. The topological polar surface area (TPSA) is 53.4 Å². The van der Waals surface area contributed by atoms with Gasteiger partial charge < -0.3 is 5.11 Å². The number of aryl methyl sites for hydroxylation is 1. The molecule has 2 fully saturated rings. The van der Waals surface area contributed by atoms with Gasteiger partial charge >= 0.3 is 5.97 Å². The van der Waals surface area contributed by atoms with E-state index in [-0.39, 0.29) is 6.42 Å². The number of thiazole rings is 1. The highest BCUT2D eigenvalue weighted by Gasteiger charge is 2.30. The lowest BCUT2D eigenvalue weighted by atomic mass is 10.2. The molecule has 0 aromatic carbocycles. The average Bonchev–Trinajstić information content (AvgIpc) is 2.94. The van der Waals surface area contributed by atoms with Gasteiger partial charge in [0.05, 0.1) is 18.7 Å². The van der Waals surface area contributed by atoms with Gasteiger partial charge in [-0.05, 0) is 45.2 Å². The second-order valence-corrected chi connectivity index (χ2v) is 6.74. The van der Waals surface area contributed by atoms with Crippen LogP contribution in [0.1, 0.15) is 53.6 Å². The highest BCUT2D eigenvalue weighted by Crippen LogP contribution is 2.43. The van der Waals surface area contributed by atoms with Crippen molar-refractivity contribution in [3.63, 3.8) is 0 Å². The lowest BCUT2D eigenvalue weighted by molar-refractivity contribution is -0.136. The van der Waals surface area contributed by atoms with E-state index in [1.807, 2.05) is 0 Å². The van der Waals surface area contributed by atoms with E-state index in [9.17, 15) is 4.79 Å². The first-order valence-electron chi connectivity index (χ1n) is 7.15. The third kappa shape index (κ3) is 3.34. The van der Waals surface area contributed by atoms with Crippen molar-refractivity contribution in [3.8, 4) is 0 Å². The molecule has 1 saturated carbocycles. The van der Waals surface area contributed by atoms with E-state index < -0.39 is 5.97 Å². The lowest BCUT2D eigenvalue weighted by Gasteiger charge is -2.11. The van der Waals surface area contributed by atoms with Crippen LogP contribution in [-0.2, 0) is 17.8 Å². The molecular weight excluding hydrogens is 260 g/mol. The van der Waals surface area contributed by atoms with Gasteiger partial charge in [-0.15, -0.1) is 11.3 Å². The van der Waals surface area contributed by atoms with E-state index in [1.54, 1.807) is 11.3 Å². The van der Waals surface area contributed by atoms with Crippen LogP contribution in [-0.4, -0.2) is 34.0 Å². The van der Waals surface area contributed by atoms with Crippen molar-refractivity contribution in [2.45, 2.75) is 51.0 Å². The Morgan fingerprint density at radius 3 is 2.74 bits per heavy atom. The highest BCUT2D eigenvalue weighted by molar-refractivity contribution is 7.11. The van der Waals surface area contributed by atoms with Crippen molar-refractivity contribution in [1.82, 2.24) is 9.88 Å². The fraction of sp³-hybridized carbons (Fsp3) is 0.714. The number of nitrogens with zero attached hydrogens (tertiary/aromatic N) is 2. The zero-order valence-electron chi connectivity index (χ0n) is 11.1. The normalized spacial score (nSPS) is 20.0. The van der Waals surface area contributed by atoms with E-state index in [0.29, 0.717) is 12.3 Å². The minimum Gasteiger partial charge on any atom is -0.481 e. The highest BCUT2D eigenvalue weighted by atomic mass is 32.1. The Labute approximate surface area is 117 Å². The van der Waals surface area contributed by atoms with Gasteiger partial charge in [-0.2, -0.15) is 0 Å². The molecule has 0 spiro atoms. The molecule has 4 nitrogen and oxygen atoms in total. The van der Waals surface area contributed by atoms with Crippen molar-refractivity contribution in [2.24, 2.45) is 0 Å². The van der Waals surface area contributed by atoms with Crippen molar-refractivity contribution < 1.29 is 9.90 Å². The molecule has 1 saturated heterocycles. The monoisotopic (exact) mass is 280 g/mol. The van der Waals surface area contributed by atoms with Gasteiger partial charge in [-0.25, -0.2) is 4.98 Å². The van der Waals surface area contributed by atoms with Crippen molar-refractivity contribution in [2.75, 3.05) is 13.1 Å². The van der Waals surface area contributed by atoms with Gasteiger partial charge in [0.1, 0.15) is 5.01 Å². The Morgan fingerprint density at radius 1 is 1.37 bits per heavy atom. The summed E-state index contributed by atoms with van der Waals surface area (Å²) in [6.45, 7) is 3.32. The average molecular weight is 280 g/mol. The molecule has 0 unspecified atom stereocenters. The number of rotatable bonds is 6. The first-order valence-corrected chi connectivity index (χ1v) is 7.96. The lowest BCUT2D eigenvalue weighted by Crippen LogP contribution is -2.18. The molecule has 1 aliphatic heterocycles. The van der Waals surface area contributed by atoms with Crippen LogP contribution in [0.15, 0.2) is 0 Å². The third-order valence-corrected chi connectivity index (χ3v) is 4.98. The molecule has 104 valence electrons. The Morgan fingerprint density at radius 2 is 2.11 bits per heavy atom. The van der Waals surface area contributed by atoms with Gasteiger partial charge in [0.15, 0.2) is 0 Å². The minimum atomic E-state index is -0.712. The molecule has 1 N–H and O–H groups in total. The van der Waals surface area contributed by atoms with E-state index in [1.165, 1.54) is 54.4 Å². The standard InChI is InChI=1S/C14H20N2O2S/c17-13(18)6-5-11-14(10-3-4-10)15-12(19-11)9-16-7-1-2-8-16/h10H,1-9H2,(H,17,18). The minimum absolute atomic E-state index is 0.227. The van der Waals surface area contributed by atoms with Gasteiger partial charge in [0, 0.05) is 10.8 Å². The molecule has 3 rings (SSSR count). The number of carboxylic acids is 1. The summed E-state index contributed by atoms with van der Waals surface area (Å²) < 4.78 is 0. The molecule has 0 amide bonds. The Hall–Kier alpha value is -0.940. The maximum Gasteiger partial charge on any atom is 0.303 e. The molecule has 0 bridgehead atoms. The molecule has 5 heteroatoms. The van der Waals surface area contributed by atoms with Gasteiger partial charge in [-0.1, -0.05) is 0 Å². The summed E-state index contributed by atoms with van der Waals surface area (Å²) in [5.41, 5.74) is 1.21. The van der Waals surface area contributed by atoms with Crippen LogP contribution >= 0.6 is 11.3 Å². The van der Waals surface area contributed by atoms with Crippen LogP contribution in [0.4, 0.5) is 0 Å². The second-order valence-electron chi connectivity index (χ2n) is 5.57. The third-order valence-electron chi connectivity index (χ3n) is 3.86. The quantitative estimate of drug-likeness (QED) is 0.870. The SMILES string of the molecule is O=C(O)CCc1sc(CN2CCCC2)nc1C1CC1. The van der Waals surface area contributed by atoms with Crippen LogP contribution in [0, 0.1) is 0 Å². The summed E-state index contributed by atoms with van der Waals surface area (Å²) in [6.07, 6.45) is 5.93. The smallest absolute Gasteiger partial charge is 0.303 e. The summed E-state index contributed by atoms with van der Waals surface area (Å²) in [4.78, 5) is 19.2. The molecule has 2 aliphatic rings. The van der Waals surface area contributed by atoms with Crippen LogP contribution in [0.2, 0.25) is 0 Å². The molecular formula is C14H20N2O2S. The van der Waals surface area contributed by atoms with E-state index in [2.05, 4.69) is 4.90 Å². The predicted molar refractivity (Wildman–Crippen MR) is 74.6 cm³/mol. The van der Waals surface area contributed by atoms with Crippen molar-refractivity contribution >= 4 is 17.3 Å². The summed E-state index contributed by atoms with van der Waals surface area (Å²) in [5, 5.41) is 10.0. The van der Waals surface area contributed by atoms with Gasteiger partial charge in [0.25, 0.3) is 0 Å². The molecule has 2 heterocycles. The number of aromatic nitrogens is 1. The number of carboxylic acid groups (broad SMARTS) is 1. The zero-order chi connectivity index (χ0) is 13.2. The van der Waals surface area contributed by atoms with E-state index in [0.717, 1.165) is 6.54 Å². The maximum absolute atomic E-state index is 10.7. The summed E-state index contributed by atoms with van der Waals surface area (Å²) in [6, 6.07) is 0. The van der Waals surface area contributed by atoms with Crippen molar-refractivity contribution in [3.05, 3.63) is 15.6 Å². The molecule has 1 aliphatic carbocycles. The summed E-state index contributed by atoms with van der Waals surface area (Å²) >= 11 is 1.74. The largest absolute Gasteiger partial charge is 0.481 e. The first kappa shape index (κ1) is 13.1.